The zero-order valence-corrected chi connectivity index (χ0v) is 11.0. The molecule has 1 aromatic rings. The summed E-state index contributed by atoms with van der Waals surface area (Å²) in [5.41, 5.74) is 2.07. The van der Waals surface area contributed by atoms with Crippen molar-refractivity contribution >= 4 is 5.91 Å². The quantitative estimate of drug-likeness (QED) is 0.717. The molecule has 1 amide bonds. The molecule has 0 aromatic heterocycles. The van der Waals surface area contributed by atoms with E-state index in [-0.39, 0.29) is 5.91 Å². The molecule has 0 radical (unpaired) electrons. The lowest BCUT2D eigenvalue weighted by molar-refractivity contribution is 0.0963. The lowest BCUT2D eigenvalue weighted by atomic mass is 10.0. The molecule has 17 heavy (non-hydrogen) atoms. The first-order valence-corrected chi connectivity index (χ1v) is 6.59. The molecular formula is C15H23NO. The van der Waals surface area contributed by atoms with E-state index in [0.717, 1.165) is 12.0 Å². The fraction of sp³-hybridized carbons (Fsp3) is 0.533. The molecule has 0 saturated heterocycles. The number of rotatable bonds is 7. The molecule has 0 aliphatic rings. The van der Waals surface area contributed by atoms with Crippen molar-refractivity contribution in [3.05, 3.63) is 35.4 Å². The van der Waals surface area contributed by atoms with Gasteiger partial charge in [0, 0.05) is 12.6 Å². The normalized spacial score (nSPS) is 10.2. The van der Waals surface area contributed by atoms with Crippen LogP contribution < -0.4 is 5.32 Å². The highest BCUT2D eigenvalue weighted by atomic mass is 16.1. The molecule has 1 N–H and O–H groups in total. The maximum Gasteiger partial charge on any atom is 0.251 e. The van der Waals surface area contributed by atoms with E-state index in [9.17, 15) is 4.79 Å². The number of nitrogens with one attached hydrogen (secondary N) is 1. The number of carbonyl (C=O) groups is 1. The topological polar surface area (TPSA) is 29.1 Å². The van der Waals surface area contributed by atoms with E-state index in [0.29, 0.717) is 0 Å². The van der Waals surface area contributed by atoms with Crippen LogP contribution in [0, 0.1) is 0 Å². The van der Waals surface area contributed by atoms with Crippen molar-refractivity contribution in [2.45, 2.75) is 45.4 Å². The van der Waals surface area contributed by atoms with Gasteiger partial charge in [0.15, 0.2) is 0 Å². The molecule has 0 unspecified atom stereocenters. The van der Waals surface area contributed by atoms with Gasteiger partial charge in [0.05, 0.1) is 0 Å². The minimum Gasteiger partial charge on any atom is -0.355 e. The van der Waals surface area contributed by atoms with Crippen LogP contribution in [0.15, 0.2) is 24.3 Å². The summed E-state index contributed by atoms with van der Waals surface area (Å²) in [7, 11) is 1.66. The van der Waals surface area contributed by atoms with E-state index >= 15 is 0 Å². The second-order valence-electron chi connectivity index (χ2n) is 4.44. The molecule has 0 aliphatic heterocycles. The Morgan fingerprint density at radius 1 is 1.06 bits per heavy atom. The van der Waals surface area contributed by atoms with Crippen LogP contribution in [-0.4, -0.2) is 13.0 Å². The lowest BCUT2D eigenvalue weighted by Crippen LogP contribution is -2.17. The average molecular weight is 233 g/mol. The molecule has 1 rings (SSSR count). The van der Waals surface area contributed by atoms with Crippen LogP contribution in [0.2, 0.25) is 0 Å². The Morgan fingerprint density at radius 3 is 2.29 bits per heavy atom. The molecule has 0 fully saturated rings. The van der Waals surface area contributed by atoms with E-state index in [2.05, 4.69) is 24.4 Å². The Kier molecular flexibility index (Phi) is 6.38. The number of unbranched alkanes of at least 4 members (excludes halogenated alkanes) is 4. The standard InChI is InChI=1S/C15H23NO/c1-3-4-5-6-7-8-13-9-11-14(12-10-13)15(17)16-2/h9-12H,3-8H2,1-2H3,(H,16,17). The van der Waals surface area contributed by atoms with Gasteiger partial charge in [0.2, 0.25) is 0 Å². The van der Waals surface area contributed by atoms with Crippen molar-refractivity contribution in [2.75, 3.05) is 7.05 Å². The summed E-state index contributed by atoms with van der Waals surface area (Å²) < 4.78 is 0. The smallest absolute Gasteiger partial charge is 0.251 e. The molecule has 0 spiro atoms. The Morgan fingerprint density at radius 2 is 1.71 bits per heavy atom. The molecule has 0 bridgehead atoms. The monoisotopic (exact) mass is 233 g/mol. The average Bonchev–Trinajstić information content (AvgIpc) is 2.38. The minimum atomic E-state index is -0.0144. The third kappa shape index (κ3) is 5.03. The van der Waals surface area contributed by atoms with Gasteiger partial charge >= 0.3 is 0 Å². The van der Waals surface area contributed by atoms with Gasteiger partial charge < -0.3 is 5.32 Å². The minimum absolute atomic E-state index is 0.0144. The van der Waals surface area contributed by atoms with Crippen molar-refractivity contribution < 1.29 is 4.79 Å². The van der Waals surface area contributed by atoms with Gasteiger partial charge in [-0.05, 0) is 30.5 Å². The third-order valence-electron chi connectivity index (χ3n) is 3.01. The van der Waals surface area contributed by atoms with Gasteiger partial charge in [-0.25, -0.2) is 0 Å². The van der Waals surface area contributed by atoms with Gasteiger partial charge in [-0.2, -0.15) is 0 Å². The van der Waals surface area contributed by atoms with Crippen LogP contribution in [-0.2, 0) is 6.42 Å². The van der Waals surface area contributed by atoms with Crippen LogP contribution in [0.1, 0.15) is 54.9 Å². The summed E-state index contributed by atoms with van der Waals surface area (Å²) in [5, 5.41) is 2.63. The Hall–Kier alpha value is -1.31. The number of hydrogen-bond acceptors (Lipinski definition) is 1. The van der Waals surface area contributed by atoms with E-state index in [1.165, 1.54) is 37.7 Å². The van der Waals surface area contributed by atoms with Crippen molar-refractivity contribution in [1.29, 1.82) is 0 Å². The van der Waals surface area contributed by atoms with Crippen molar-refractivity contribution in [2.24, 2.45) is 0 Å². The van der Waals surface area contributed by atoms with Crippen molar-refractivity contribution in [3.8, 4) is 0 Å². The number of aryl methyl sites for hydroxylation is 1. The highest BCUT2D eigenvalue weighted by molar-refractivity contribution is 5.93. The van der Waals surface area contributed by atoms with Crippen LogP contribution in [0.3, 0.4) is 0 Å². The molecule has 0 atom stereocenters. The second kappa shape index (κ2) is 7.88. The summed E-state index contributed by atoms with van der Waals surface area (Å²) in [6.07, 6.45) is 7.66. The molecule has 2 nitrogen and oxygen atoms in total. The van der Waals surface area contributed by atoms with Crippen molar-refractivity contribution in [1.82, 2.24) is 5.32 Å². The van der Waals surface area contributed by atoms with E-state index in [4.69, 9.17) is 0 Å². The maximum absolute atomic E-state index is 11.3. The molecule has 0 aliphatic carbocycles. The molecule has 0 heterocycles. The summed E-state index contributed by atoms with van der Waals surface area (Å²) in [6.45, 7) is 2.23. The number of hydrogen-bond donors (Lipinski definition) is 1. The first-order chi connectivity index (χ1) is 8.27. The maximum atomic E-state index is 11.3. The summed E-state index contributed by atoms with van der Waals surface area (Å²) in [4.78, 5) is 11.3. The predicted octanol–water partition coefficient (Wildman–Crippen LogP) is 3.56. The zero-order chi connectivity index (χ0) is 12.5. The van der Waals surface area contributed by atoms with E-state index in [1.807, 2.05) is 12.1 Å². The number of amides is 1. The first kappa shape index (κ1) is 13.8. The molecule has 0 saturated carbocycles. The highest BCUT2D eigenvalue weighted by Gasteiger charge is 2.01. The fourth-order valence-corrected chi connectivity index (χ4v) is 1.90. The van der Waals surface area contributed by atoms with Crippen LogP contribution in [0.5, 0.6) is 0 Å². The molecule has 94 valence electrons. The van der Waals surface area contributed by atoms with Gasteiger partial charge in [-0.3, -0.25) is 4.79 Å². The third-order valence-corrected chi connectivity index (χ3v) is 3.01. The summed E-state index contributed by atoms with van der Waals surface area (Å²) in [6, 6.07) is 7.93. The Labute approximate surface area is 104 Å². The first-order valence-electron chi connectivity index (χ1n) is 6.59. The van der Waals surface area contributed by atoms with Crippen LogP contribution >= 0.6 is 0 Å². The van der Waals surface area contributed by atoms with Gasteiger partial charge in [-0.1, -0.05) is 44.7 Å². The predicted molar refractivity (Wildman–Crippen MR) is 72.3 cm³/mol. The highest BCUT2D eigenvalue weighted by Crippen LogP contribution is 2.10. The van der Waals surface area contributed by atoms with Gasteiger partial charge in [0.1, 0.15) is 0 Å². The zero-order valence-electron chi connectivity index (χ0n) is 11.0. The largest absolute Gasteiger partial charge is 0.355 e. The Balaban J connectivity index is 2.33. The van der Waals surface area contributed by atoms with Crippen LogP contribution in [0.4, 0.5) is 0 Å². The number of carbonyl (C=O) groups excluding carboxylic acids is 1. The second-order valence-corrected chi connectivity index (χ2v) is 4.44. The lowest BCUT2D eigenvalue weighted by Gasteiger charge is -2.03. The SMILES string of the molecule is CCCCCCCc1ccc(C(=O)NC)cc1. The van der Waals surface area contributed by atoms with Crippen molar-refractivity contribution in [3.63, 3.8) is 0 Å². The van der Waals surface area contributed by atoms with Crippen LogP contribution in [0.25, 0.3) is 0 Å². The Bertz CT molecular complexity index is 329. The molecular weight excluding hydrogens is 210 g/mol. The van der Waals surface area contributed by atoms with Gasteiger partial charge in [-0.15, -0.1) is 0 Å². The molecule has 2 heteroatoms. The van der Waals surface area contributed by atoms with E-state index in [1.54, 1.807) is 7.05 Å². The summed E-state index contributed by atoms with van der Waals surface area (Å²) in [5.74, 6) is -0.0144. The number of benzene rings is 1. The van der Waals surface area contributed by atoms with E-state index < -0.39 is 0 Å². The van der Waals surface area contributed by atoms with Gasteiger partial charge in [0.25, 0.3) is 5.91 Å². The fourth-order valence-electron chi connectivity index (χ4n) is 1.90. The molecule has 1 aromatic carbocycles. The summed E-state index contributed by atoms with van der Waals surface area (Å²) >= 11 is 0.